The van der Waals surface area contributed by atoms with Crippen LogP contribution in [0.15, 0.2) is 82.2 Å². The van der Waals surface area contributed by atoms with Gasteiger partial charge in [0.1, 0.15) is 17.2 Å². The van der Waals surface area contributed by atoms with Crippen LogP contribution < -0.4 is 5.32 Å². The van der Waals surface area contributed by atoms with Crippen molar-refractivity contribution in [2.45, 2.75) is 26.4 Å². The number of furan rings is 2. The highest BCUT2D eigenvalue weighted by Crippen LogP contribution is 2.31. The first kappa shape index (κ1) is 23.0. The fraction of sp³-hybridized carbons (Fsp3) is 0.148. The molecule has 9 nitrogen and oxygen atoms in total. The standard InChI is InChI=1S/C27H22N4O5/c1-3-20(26(32)31-25-16(2)7-4-12-28-25)36-27(33)17-10-11-18-19(15-17)30-24(22-9-6-14-35-22)23(29-18)21-8-5-13-34-21/h4-15,20H,3H2,1-2H3,(H,28,31,32). The molecule has 0 bridgehead atoms. The van der Waals surface area contributed by atoms with Gasteiger partial charge in [0.15, 0.2) is 17.6 Å². The number of aryl methyl sites for hydroxylation is 1. The molecule has 0 saturated heterocycles. The summed E-state index contributed by atoms with van der Waals surface area (Å²) < 4.78 is 16.6. The van der Waals surface area contributed by atoms with E-state index in [4.69, 9.17) is 23.5 Å². The molecule has 0 aliphatic rings. The average Bonchev–Trinajstić information content (AvgIpc) is 3.62. The maximum Gasteiger partial charge on any atom is 0.338 e. The van der Waals surface area contributed by atoms with Gasteiger partial charge >= 0.3 is 5.97 Å². The first-order chi connectivity index (χ1) is 17.5. The predicted octanol–water partition coefficient (Wildman–Crippen LogP) is 5.43. The first-order valence-corrected chi connectivity index (χ1v) is 11.4. The number of amides is 1. The van der Waals surface area contributed by atoms with Gasteiger partial charge in [0.2, 0.25) is 0 Å². The van der Waals surface area contributed by atoms with Gasteiger partial charge in [0.25, 0.3) is 5.91 Å². The number of rotatable bonds is 7. The molecule has 1 amide bonds. The minimum absolute atomic E-state index is 0.244. The van der Waals surface area contributed by atoms with Gasteiger partial charge < -0.3 is 18.9 Å². The second-order valence-electron chi connectivity index (χ2n) is 8.04. The molecule has 0 fully saturated rings. The lowest BCUT2D eigenvalue weighted by atomic mass is 10.1. The zero-order valence-corrected chi connectivity index (χ0v) is 19.6. The summed E-state index contributed by atoms with van der Waals surface area (Å²) in [7, 11) is 0. The highest BCUT2D eigenvalue weighted by atomic mass is 16.5. The molecule has 1 N–H and O–H groups in total. The lowest BCUT2D eigenvalue weighted by Gasteiger charge is -2.16. The van der Waals surface area contributed by atoms with Crippen molar-refractivity contribution in [3.8, 4) is 22.9 Å². The van der Waals surface area contributed by atoms with Crippen molar-refractivity contribution in [3.05, 3.63) is 84.4 Å². The summed E-state index contributed by atoms with van der Waals surface area (Å²) in [5.74, 6) is 0.385. The third-order valence-electron chi connectivity index (χ3n) is 5.57. The molecule has 5 rings (SSSR count). The number of pyridine rings is 1. The van der Waals surface area contributed by atoms with E-state index in [2.05, 4.69) is 10.3 Å². The monoisotopic (exact) mass is 482 g/mol. The van der Waals surface area contributed by atoms with E-state index in [1.165, 1.54) is 0 Å². The molecule has 0 aliphatic carbocycles. The summed E-state index contributed by atoms with van der Waals surface area (Å²) in [6.07, 6.45) is 4.00. The number of anilines is 1. The predicted molar refractivity (Wildman–Crippen MR) is 132 cm³/mol. The van der Waals surface area contributed by atoms with Crippen LogP contribution in [0.5, 0.6) is 0 Å². The van der Waals surface area contributed by atoms with Crippen molar-refractivity contribution in [2.24, 2.45) is 0 Å². The van der Waals surface area contributed by atoms with E-state index >= 15 is 0 Å². The van der Waals surface area contributed by atoms with Gasteiger partial charge in [-0.25, -0.2) is 19.7 Å². The minimum Gasteiger partial charge on any atom is -0.463 e. The molecule has 5 aromatic rings. The summed E-state index contributed by atoms with van der Waals surface area (Å²) in [5.41, 5.74) is 3.07. The Morgan fingerprint density at radius 1 is 0.944 bits per heavy atom. The summed E-state index contributed by atoms with van der Waals surface area (Å²) >= 11 is 0. The summed E-state index contributed by atoms with van der Waals surface area (Å²) in [6, 6.07) is 15.5. The van der Waals surface area contributed by atoms with Gasteiger partial charge in [-0.3, -0.25) is 4.79 Å². The first-order valence-electron chi connectivity index (χ1n) is 11.4. The number of benzene rings is 1. The van der Waals surface area contributed by atoms with Crippen LogP contribution >= 0.6 is 0 Å². The Kier molecular flexibility index (Phi) is 6.27. The molecule has 1 unspecified atom stereocenters. The zero-order chi connectivity index (χ0) is 25.1. The van der Waals surface area contributed by atoms with Crippen LogP contribution in [0.3, 0.4) is 0 Å². The van der Waals surface area contributed by atoms with Gasteiger partial charge in [-0.2, -0.15) is 0 Å². The van der Waals surface area contributed by atoms with Crippen LogP contribution in [0.2, 0.25) is 0 Å². The van der Waals surface area contributed by atoms with Gasteiger partial charge in [0, 0.05) is 6.20 Å². The number of nitrogens with zero attached hydrogens (tertiary/aromatic N) is 3. The van der Waals surface area contributed by atoms with Crippen LogP contribution in [0.25, 0.3) is 33.9 Å². The normalized spacial score (nSPS) is 11.8. The fourth-order valence-corrected chi connectivity index (χ4v) is 3.68. The Hall–Kier alpha value is -4.79. The maximum atomic E-state index is 12.9. The number of carbonyl (C=O) groups is 2. The van der Waals surface area contributed by atoms with Gasteiger partial charge in [-0.15, -0.1) is 0 Å². The zero-order valence-electron chi connectivity index (χ0n) is 19.6. The molecule has 1 aromatic carbocycles. The molecular weight excluding hydrogens is 460 g/mol. The average molecular weight is 482 g/mol. The van der Waals surface area contributed by atoms with E-state index in [0.29, 0.717) is 46.2 Å². The third-order valence-corrected chi connectivity index (χ3v) is 5.57. The largest absolute Gasteiger partial charge is 0.463 e. The van der Waals surface area contributed by atoms with Crippen LogP contribution in [-0.4, -0.2) is 32.9 Å². The number of carbonyl (C=O) groups excluding carboxylic acids is 2. The molecule has 36 heavy (non-hydrogen) atoms. The highest BCUT2D eigenvalue weighted by molar-refractivity contribution is 5.99. The van der Waals surface area contributed by atoms with Crippen molar-refractivity contribution >= 4 is 28.7 Å². The summed E-state index contributed by atoms with van der Waals surface area (Å²) in [4.78, 5) is 39.2. The Morgan fingerprint density at radius 2 is 1.64 bits per heavy atom. The summed E-state index contributed by atoms with van der Waals surface area (Å²) in [5, 5.41) is 2.72. The van der Waals surface area contributed by atoms with Crippen LogP contribution in [0.4, 0.5) is 5.82 Å². The third kappa shape index (κ3) is 4.58. The fourth-order valence-electron chi connectivity index (χ4n) is 3.68. The number of hydrogen-bond acceptors (Lipinski definition) is 8. The second-order valence-corrected chi connectivity index (χ2v) is 8.04. The highest BCUT2D eigenvalue weighted by Gasteiger charge is 2.24. The van der Waals surface area contributed by atoms with Crippen LogP contribution in [0.1, 0.15) is 29.3 Å². The maximum absolute atomic E-state index is 12.9. The second kappa shape index (κ2) is 9.83. The SMILES string of the molecule is CCC(OC(=O)c1ccc2nc(-c3ccco3)c(-c3ccco3)nc2c1)C(=O)Nc1ncccc1C. The lowest BCUT2D eigenvalue weighted by molar-refractivity contribution is -0.124. The molecule has 9 heteroatoms. The van der Waals surface area contributed by atoms with Gasteiger partial charge in [-0.05, 0) is 67.4 Å². The Balaban J connectivity index is 1.42. The number of ether oxygens (including phenoxy) is 1. The molecular formula is C27H22N4O5. The van der Waals surface area contributed by atoms with Gasteiger partial charge in [0.05, 0.1) is 29.1 Å². The van der Waals surface area contributed by atoms with Crippen molar-refractivity contribution in [1.82, 2.24) is 15.0 Å². The number of hydrogen-bond donors (Lipinski definition) is 1. The quantitative estimate of drug-likeness (QED) is 0.305. The van der Waals surface area contributed by atoms with Crippen molar-refractivity contribution in [1.29, 1.82) is 0 Å². The van der Waals surface area contributed by atoms with E-state index in [-0.39, 0.29) is 5.56 Å². The summed E-state index contributed by atoms with van der Waals surface area (Å²) in [6.45, 7) is 3.60. The van der Waals surface area contributed by atoms with E-state index in [0.717, 1.165) is 5.56 Å². The number of aromatic nitrogens is 3. The van der Waals surface area contributed by atoms with Crippen LogP contribution in [0, 0.1) is 6.92 Å². The molecule has 0 spiro atoms. The van der Waals surface area contributed by atoms with Crippen LogP contribution in [-0.2, 0) is 9.53 Å². The molecule has 0 aliphatic heterocycles. The molecule has 0 radical (unpaired) electrons. The van der Waals surface area contributed by atoms with Crippen molar-refractivity contribution in [2.75, 3.05) is 5.32 Å². The van der Waals surface area contributed by atoms with E-state index < -0.39 is 18.0 Å². The Bertz CT molecular complexity index is 1530. The van der Waals surface area contributed by atoms with Crippen molar-refractivity contribution in [3.63, 3.8) is 0 Å². The molecule has 0 saturated carbocycles. The van der Waals surface area contributed by atoms with E-state index in [9.17, 15) is 9.59 Å². The van der Waals surface area contributed by atoms with Crippen molar-refractivity contribution < 1.29 is 23.2 Å². The number of nitrogens with one attached hydrogen (secondary N) is 1. The Morgan fingerprint density at radius 3 is 2.25 bits per heavy atom. The Labute approximate surface area is 206 Å². The number of esters is 1. The molecule has 4 aromatic heterocycles. The van der Waals surface area contributed by atoms with E-state index in [1.54, 1.807) is 74.2 Å². The lowest BCUT2D eigenvalue weighted by Crippen LogP contribution is -2.32. The topological polar surface area (TPSA) is 120 Å². The minimum atomic E-state index is -0.985. The molecule has 4 heterocycles. The smallest absolute Gasteiger partial charge is 0.338 e. The van der Waals surface area contributed by atoms with E-state index in [1.807, 2.05) is 13.0 Å². The van der Waals surface area contributed by atoms with Gasteiger partial charge in [-0.1, -0.05) is 13.0 Å². The molecule has 1 atom stereocenters. The number of fused-ring (bicyclic) bond motifs is 1. The molecule has 180 valence electrons.